The third-order valence-corrected chi connectivity index (χ3v) is 10.5. The van der Waals surface area contributed by atoms with E-state index in [1.165, 1.54) is 173 Å². The molecule has 0 aromatic rings. The molecule has 5 heteroatoms. The second-order valence-electron chi connectivity index (χ2n) is 15.7. The lowest BCUT2D eigenvalue weighted by Gasteiger charge is -2.23. The van der Waals surface area contributed by atoms with Gasteiger partial charge < -0.3 is 20.6 Å². The number of carbonyl (C=O) groups is 1. The van der Waals surface area contributed by atoms with E-state index in [1.807, 2.05) is 0 Å². The lowest BCUT2D eigenvalue weighted by atomic mass is 10.0. The van der Waals surface area contributed by atoms with Gasteiger partial charge in [0.1, 0.15) is 0 Å². The highest BCUT2D eigenvalue weighted by molar-refractivity contribution is 5.76. The first-order valence-corrected chi connectivity index (χ1v) is 22.6. The molecule has 0 aliphatic rings. The summed E-state index contributed by atoms with van der Waals surface area (Å²) in [7, 11) is 0. The number of hydrogen-bond donors (Lipinski definition) is 4. The molecule has 4 N–H and O–H groups in total. The van der Waals surface area contributed by atoms with Crippen molar-refractivity contribution in [1.29, 1.82) is 0 Å². The zero-order valence-electron chi connectivity index (χ0n) is 34.2. The largest absolute Gasteiger partial charge is 0.394 e. The normalized spacial score (nSPS) is 13.7. The average Bonchev–Trinajstić information content (AvgIpc) is 3.12. The van der Waals surface area contributed by atoms with Gasteiger partial charge in [-0.15, -0.1) is 0 Å². The second kappa shape index (κ2) is 41.6. The first kappa shape index (κ1) is 49.8. The molecular weight excluding hydrogens is 631 g/mol. The summed E-state index contributed by atoms with van der Waals surface area (Å²) < 4.78 is 0. The summed E-state index contributed by atoms with van der Waals surface area (Å²) in [6.07, 6.45) is 50.2. The van der Waals surface area contributed by atoms with Crippen molar-refractivity contribution >= 4 is 5.91 Å². The summed E-state index contributed by atoms with van der Waals surface area (Å²) in [4.78, 5) is 12.4. The van der Waals surface area contributed by atoms with Crippen LogP contribution < -0.4 is 5.32 Å². The molecule has 0 fully saturated rings. The predicted octanol–water partition coefficient (Wildman–Crippen LogP) is 13.0. The molecule has 0 heterocycles. The first-order valence-electron chi connectivity index (χ1n) is 22.6. The van der Waals surface area contributed by atoms with Crippen LogP contribution in [0.2, 0.25) is 0 Å². The molecule has 5 nitrogen and oxygen atoms in total. The zero-order valence-corrected chi connectivity index (χ0v) is 34.2. The van der Waals surface area contributed by atoms with Crippen LogP contribution in [-0.2, 0) is 4.79 Å². The molecule has 3 atom stereocenters. The fraction of sp³-hybridized carbons (Fsp3) is 0.891. The summed E-state index contributed by atoms with van der Waals surface area (Å²) >= 11 is 0. The highest BCUT2D eigenvalue weighted by Crippen LogP contribution is 2.16. The van der Waals surface area contributed by atoms with Gasteiger partial charge in [-0.25, -0.2) is 0 Å². The molecule has 0 aliphatic carbocycles. The first-order chi connectivity index (χ1) is 25.0. The van der Waals surface area contributed by atoms with Crippen molar-refractivity contribution in [2.24, 2.45) is 0 Å². The molecule has 0 spiro atoms. The minimum absolute atomic E-state index is 0.0361. The van der Waals surface area contributed by atoms with Gasteiger partial charge in [0.05, 0.1) is 31.3 Å². The number of aliphatic hydroxyl groups is 3. The smallest absolute Gasteiger partial charge is 0.222 e. The van der Waals surface area contributed by atoms with E-state index >= 15 is 0 Å². The van der Waals surface area contributed by atoms with Crippen LogP contribution in [-0.4, -0.2) is 46.1 Å². The van der Waals surface area contributed by atoms with E-state index in [0.29, 0.717) is 12.8 Å². The molecule has 302 valence electrons. The SMILES string of the molecule is CCCCCCCCCCC/C=C\C/C=C\CCCCCCCCCCCCCC(O)CC(=O)NC(CO)C(O)CCCCCCCCCCC. The third-order valence-electron chi connectivity index (χ3n) is 10.5. The Labute approximate surface area is 318 Å². The Hall–Kier alpha value is -1.17. The second-order valence-corrected chi connectivity index (χ2v) is 15.7. The monoisotopic (exact) mass is 720 g/mol. The molecule has 51 heavy (non-hydrogen) atoms. The van der Waals surface area contributed by atoms with Gasteiger partial charge in [-0.05, 0) is 44.9 Å². The minimum Gasteiger partial charge on any atom is -0.394 e. The van der Waals surface area contributed by atoms with E-state index in [-0.39, 0.29) is 18.9 Å². The fourth-order valence-electron chi connectivity index (χ4n) is 7.02. The molecule has 0 rings (SSSR count). The van der Waals surface area contributed by atoms with E-state index in [0.717, 1.165) is 32.1 Å². The van der Waals surface area contributed by atoms with E-state index in [2.05, 4.69) is 43.5 Å². The number of carbonyl (C=O) groups excluding carboxylic acids is 1. The van der Waals surface area contributed by atoms with Gasteiger partial charge >= 0.3 is 0 Å². The molecule has 0 aromatic carbocycles. The van der Waals surface area contributed by atoms with Gasteiger partial charge in [0, 0.05) is 0 Å². The molecule has 3 unspecified atom stereocenters. The van der Waals surface area contributed by atoms with Crippen molar-refractivity contribution in [3.63, 3.8) is 0 Å². The van der Waals surface area contributed by atoms with Crippen LogP contribution in [0.3, 0.4) is 0 Å². The number of nitrogens with one attached hydrogen (secondary N) is 1. The molecular formula is C46H89NO4. The Balaban J connectivity index is 3.53. The van der Waals surface area contributed by atoms with Gasteiger partial charge in [-0.2, -0.15) is 0 Å². The van der Waals surface area contributed by atoms with Gasteiger partial charge in [-0.3, -0.25) is 4.79 Å². The Morgan fingerprint density at radius 2 is 0.843 bits per heavy atom. The van der Waals surface area contributed by atoms with Crippen LogP contribution in [0.4, 0.5) is 0 Å². The van der Waals surface area contributed by atoms with Crippen LogP contribution >= 0.6 is 0 Å². The number of rotatable bonds is 41. The Bertz CT molecular complexity index is 754. The van der Waals surface area contributed by atoms with Crippen LogP contribution in [0.15, 0.2) is 24.3 Å². The summed E-state index contributed by atoms with van der Waals surface area (Å²) in [5, 5.41) is 33.2. The van der Waals surface area contributed by atoms with Crippen molar-refractivity contribution in [3.8, 4) is 0 Å². The summed E-state index contributed by atoms with van der Waals surface area (Å²) in [6, 6.07) is -0.655. The van der Waals surface area contributed by atoms with Crippen LogP contribution in [0, 0.1) is 0 Å². The maximum atomic E-state index is 12.4. The highest BCUT2D eigenvalue weighted by atomic mass is 16.3. The summed E-state index contributed by atoms with van der Waals surface area (Å²) in [5.41, 5.74) is 0. The van der Waals surface area contributed by atoms with Crippen molar-refractivity contribution < 1.29 is 20.1 Å². The quantitative estimate of drug-likeness (QED) is 0.0374. The topological polar surface area (TPSA) is 89.8 Å². The Morgan fingerprint density at radius 3 is 1.24 bits per heavy atom. The van der Waals surface area contributed by atoms with Crippen LogP contribution in [0.1, 0.15) is 239 Å². The van der Waals surface area contributed by atoms with Crippen molar-refractivity contribution in [3.05, 3.63) is 24.3 Å². The number of aliphatic hydroxyl groups excluding tert-OH is 3. The molecule has 0 bridgehead atoms. The zero-order chi connectivity index (χ0) is 37.3. The lowest BCUT2D eigenvalue weighted by molar-refractivity contribution is -0.125. The number of hydrogen-bond acceptors (Lipinski definition) is 4. The molecule has 0 radical (unpaired) electrons. The van der Waals surface area contributed by atoms with Gasteiger partial charge in [-0.1, -0.05) is 212 Å². The Morgan fingerprint density at radius 1 is 0.490 bits per heavy atom. The number of allylic oxidation sites excluding steroid dienone is 4. The fourth-order valence-corrected chi connectivity index (χ4v) is 7.02. The maximum Gasteiger partial charge on any atom is 0.222 e. The van der Waals surface area contributed by atoms with Gasteiger partial charge in [0.25, 0.3) is 0 Å². The van der Waals surface area contributed by atoms with Gasteiger partial charge in [0.15, 0.2) is 0 Å². The molecule has 0 saturated carbocycles. The molecule has 0 saturated heterocycles. The summed E-state index contributed by atoms with van der Waals surface area (Å²) in [6.45, 7) is 4.24. The van der Waals surface area contributed by atoms with E-state index < -0.39 is 18.2 Å². The highest BCUT2D eigenvalue weighted by Gasteiger charge is 2.21. The molecule has 1 amide bonds. The van der Waals surface area contributed by atoms with Crippen LogP contribution in [0.25, 0.3) is 0 Å². The van der Waals surface area contributed by atoms with Crippen molar-refractivity contribution in [1.82, 2.24) is 5.32 Å². The third kappa shape index (κ3) is 38.4. The average molecular weight is 720 g/mol. The molecule has 0 aromatic heterocycles. The number of unbranched alkanes of at least 4 members (excludes halogenated alkanes) is 28. The predicted molar refractivity (Wildman–Crippen MR) is 222 cm³/mol. The minimum atomic E-state index is -0.746. The van der Waals surface area contributed by atoms with Crippen molar-refractivity contribution in [2.75, 3.05) is 6.61 Å². The van der Waals surface area contributed by atoms with Crippen molar-refractivity contribution in [2.45, 2.75) is 257 Å². The lowest BCUT2D eigenvalue weighted by Crippen LogP contribution is -2.46. The van der Waals surface area contributed by atoms with E-state index in [9.17, 15) is 20.1 Å². The Kier molecular flexibility index (Phi) is 40.6. The number of amides is 1. The maximum absolute atomic E-state index is 12.4. The van der Waals surface area contributed by atoms with Crippen LogP contribution in [0.5, 0.6) is 0 Å². The van der Waals surface area contributed by atoms with Gasteiger partial charge in [0.2, 0.25) is 5.91 Å². The van der Waals surface area contributed by atoms with E-state index in [1.54, 1.807) is 0 Å². The standard InChI is InChI=1S/C46H89NO4/c1-3-5-7-9-11-13-14-15-16-17-18-19-20-21-22-23-24-25-26-27-28-29-30-32-33-35-37-39-43(49)41-46(51)47-44(42-48)45(50)40-38-36-34-31-12-10-8-6-4-2/h18-19,21-22,43-45,48-50H,3-17,20,23-42H2,1-2H3,(H,47,51)/b19-18-,22-21-. The summed E-state index contributed by atoms with van der Waals surface area (Å²) in [5.74, 6) is -0.286. The van der Waals surface area contributed by atoms with E-state index in [4.69, 9.17) is 0 Å². The molecule has 0 aliphatic heterocycles.